The van der Waals surface area contributed by atoms with E-state index in [0.29, 0.717) is 0 Å². The molecule has 106 valence electrons. The average molecular weight is 270 g/mol. The lowest BCUT2D eigenvalue weighted by Crippen LogP contribution is -1.97. The minimum Gasteiger partial charge on any atom is -0.504 e. The van der Waals surface area contributed by atoms with Gasteiger partial charge < -0.3 is 10.2 Å². The number of rotatable bonds is 1. The van der Waals surface area contributed by atoms with Gasteiger partial charge in [-0.2, -0.15) is 0 Å². The zero-order valence-electron chi connectivity index (χ0n) is 13.0. The van der Waals surface area contributed by atoms with E-state index in [-0.39, 0.29) is 11.5 Å². The summed E-state index contributed by atoms with van der Waals surface area (Å²) in [6.45, 7) is 12.0. The molecule has 0 aliphatic carbocycles. The molecule has 0 bridgehead atoms. The van der Waals surface area contributed by atoms with E-state index in [1.54, 1.807) is 0 Å². The fraction of sp³-hybridized carbons (Fsp3) is 0.333. The highest BCUT2D eigenvalue weighted by Gasteiger charge is 2.19. The number of phenols is 2. The van der Waals surface area contributed by atoms with E-state index < -0.39 is 0 Å². The molecule has 0 saturated heterocycles. The Labute approximate surface area is 120 Å². The normalized spacial score (nSPS) is 10.9. The zero-order valence-corrected chi connectivity index (χ0v) is 13.0. The molecular formula is C18H22O2. The highest BCUT2D eigenvalue weighted by molar-refractivity contribution is 5.81. The quantitative estimate of drug-likeness (QED) is 0.743. The number of aryl methyl sites for hydroxylation is 1. The van der Waals surface area contributed by atoms with Crippen molar-refractivity contribution >= 4 is 0 Å². The Kier molecular flexibility index (Phi) is 3.51. The molecule has 0 heterocycles. The lowest BCUT2D eigenvalue weighted by Gasteiger charge is -2.19. The highest BCUT2D eigenvalue weighted by atomic mass is 16.3. The number of hydrogen-bond donors (Lipinski definition) is 2. The van der Waals surface area contributed by atoms with Crippen molar-refractivity contribution in [1.82, 2.24) is 0 Å². The van der Waals surface area contributed by atoms with E-state index >= 15 is 0 Å². The molecular weight excluding hydrogens is 248 g/mol. The summed E-state index contributed by atoms with van der Waals surface area (Å²) >= 11 is 0. The Hall–Kier alpha value is -1.96. The first-order chi connectivity index (χ1) is 9.27. The standard InChI is InChI=1S/C18H22O2/c1-9-7-8-15(12(4)10(9)2)16-13(5)11(3)14(6)17(19)18(16)20/h7-8,19-20H,1-6H3. The molecule has 0 unspecified atom stereocenters. The maximum Gasteiger partial charge on any atom is 0.166 e. The van der Waals surface area contributed by atoms with Gasteiger partial charge in [0.25, 0.3) is 0 Å². The Morgan fingerprint density at radius 3 is 1.80 bits per heavy atom. The van der Waals surface area contributed by atoms with Crippen LogP contribution in [-0.2, 0) is 0 Å². The average Bonchev–Trinajstić information content (AvgIpc) is 2.43. The van der Waals surface area contributed by atoms with E-state index in [9.17, 15) is 10.2 Å². The summed E-state index contributed by atoms with van der Waals surface area (Å²) in [5.74, 6) is -0.0299. The van der Waals surface area contributed by atoms with Crippen LogP contribution in [0.3, 0.4) is 0 Å². The van der Waals surface area contributed by atoms with Gasteiger partial charge in [0.05, 0.1) is 0 Å². The van der Waals surface area contributed by atoms with Crippen molar-refractivity contribution in [2.45, 2.75) is 41.5 Å². The zero-order chi connectivity index (χ0) is 15.2. The molecule has 0 spiro atoms. The van der Waals surface area contributed by atoms with Gasteiger partial charge >= 0.3 is 0 Å². The van der Waals surface area contributed by atoms with Gasteiger partial charge in [0.1, 0.15) is 0 Å². The largest absolute Gasteiger partial charge is 0.504 e. The molecule has 0 fully saturated rings. The van der Waals surface area contributed by atoms with Gasteiger partial charge in [-0.15, -0.1) is 0 Å². The van der Waals surface area contributed by atoms with Gasteiger partial charge in [-0.3, -0.25) is 0 Å². The molecule has 2 aromatic carbocycles. The van der Waals surface area contributed by atoms with Crippen LogP contribution in [0.15, 0.2) is 12.1 Å². The molecule has 2 nitrogen and oxygen atoms in total. The number of benzene rings is 2. The lowest BCUT2D eigenvalue weighted by molar-refractivity contribution is 0.401. The SMILES string of the molecule is Cc1ccc(-c2c(C)c(C)c(C)c(O)c2O)c(C)c1C. The summed E-state index contributed by atoms with van der Waals surface area (Å²) in [6.07, 6.45) is 0. The van der Waals surface area contributed by atoms with E-state index in [4.69, 9.17) is 0 Å². The molecule has 0 saturated carbocycles. The van der Waals surface area contributed by atoms with Crippen LogP contribution < -0.4 is 0 Å². The van der Waals surface area contributed by atoms with Crippen LogP contribution in [0.5, 0.6) is 11.5 Å². The summed E-state index contributed by atoms with van der Waals surface area (Å²) in [5, 5.41) is 20.5. The van der Waals surface area contributed by atoms with E-state index in [0.717, 1.165) is 33.4 Å². The molecule has 0 radical (unpaired) electrons. The Morgan fingerprint density at radius 2 is 1.20 bits per heavy atom. The molecule has 0 amide bonds. The lowest BCUT2D eigenvalue weighted by atomic mass is 9.88. The van der Waals surface area contributed by atoms with Gasteiger partial charge in [-0.1, -0.05) is 12.1 Å². The molecule has 20 heavy (non-hydrogen) atoms. The number of hydrogen-bond acceptors (Lipinski definition) is 2. The molecule has 2 N–H and O–H groups in total. The smallest absolute Gasteiger partial charge is 0.166 e. The summed E-state index contributed by atoms with van der Waals surface area (Å²) in [5.41, 5.74) is 8.11. The second-order valence-electron chi connectivity index (χ2n) is 5.63. The fourth-order valence-electron chi connectivity index (χ4n) is 2.68. The van der Waals surface area contributed by atoms with Gasteiger partial charge in [0.15, 0.2) is 11.5 Å². The van der Waals surface area contributed by atoms with Gasteiger partial charge in [0, 0.05) is 5.56 Å². The third kappa shape index (κ3) is 1.96. The summed E-state index contributed by atoms with van der Waals surface area (Å²) < 4.78 is 0. The summed E-state index contributed by atoms with van der Waals surface area (Å²) in [7, 11) is 0. The van der Waals surface area contributed by atoms with Crippen LogP contribution in [0, 0.1) is 41.5 Å². The summed E-state index contributed by atoms with van der Waals surface area (Å²) in [4.78, 5) is 0. The van der Waals surface area contributed by atoms with Crippen molar-refractivity contribution in [3.63, 3.8) is 0 Å². The monoisotopic (exact) mass is 270 g/mol. The maximum absolute atomic E-state index is 10.4. The molecule has 0 atom stereocenters. The minimum absolute atomic E-state index is 0.0132. The van der Waals surface area contributed by atoms with E-state index in [2.05, 4.69) is 26.8 Å². The van der Waals surface area contributed by atoms with E-state index in [1.807, 2.05) is 26.8 Å². The van der Waals surface area contributed by atoms with Crippen LogP contribution in [0.1, 0.15) is 33.4 Å². The predicted octanol–water partition coefficient (Wildman–Crippen LogP) is 4.62. The second kappa shape index (κ2) is 4.86. The molecule has 0 aliphatic rings. The van der Waals surface area contributed by atoms with Crippen LogP contribution in [0.25, 0.3) is 11.1 Å². The topological polar surface area (TPSA) is 40.5 Å². The highest BCUT2D eigenvalue weighted by Crippen LogP contribution is 2.44. The Balaban J connectivity index is 2.87. The second-order valence-corrected chi connectivity index (χ2v) is 5.63. The van der Waals surface area contributed by atoms with Crippen molar-refractivity contribution in [1.29, 1.82) is 0 Å². The maximum atomic E-state index is 10.4. The van der Waals surface area contributed by atoms with Crippen molar-refractivity contribution in [3.8, 4) is 22.6 Å². The number of phenolic OH excluding ortho intramolecular Hbond substituents is 2. The first-order valence-corrected chi connectivity index (χ1v) is 6.86. The van der Waals surface area contributed by atoms with Gasteiger partial charge in [-0.05, 0) is 80.5 Å². The Morgan fingerprint density at radius 1 is 0.600 bits per heavy atom. The van der Waals surface area contributed by atoms with Crippen LogP contribution >= 0.6 is 0 Å². The third-order valence-electron chi connectivity index (χ3n) is 4.64. The van der Waals surface area contributed by atoms with Crippen LogP contribution in [0.2, 0.25) is 0 Å². The Bertz CT molecular complexity index is 668. The van der Waals surface area contributed by atoms with Crippen LogP contribution in [0.4, 0.5) is 0 Å². The van der Waals surface area contributed by atoms with Gasteiger partial charge in [-0.25, -0.2) is 0 Å². The molecule has 0 aromatic heterocycles. The van der Waals surface area contributed by atoms with Crippen molar-refractivity contribution in [2.75, 3.05) is 0 Å². The molecule has 2 rings (SSSR count). The van der Waals surface area contributed by atoms with Crippen molar-refractivity contribution < 1.29 is 10.2 Å². The van der Waals surface area contributed by atoms with Crippen molar-refractivity contribution in [2.24, 2.45) is 0 Å². The first-order valence-electron chi connectivity index (χ1n) is 6.86. The molecule has 2 heteroatoms. The van der Waals surface area contributed by atoms with E-state index in [1.165, 1.54) is 11.1 Å². The number of aromatic hydroxyl groups is 2. The third-order valence-corrected chi connectivity index (χ3v) is 4.64. The fourth-order valence-corrected chi connectivity index (χ4v) is 2.68. The van der Waals surface area contributed by atoms with Crippen LogP contribution in [-0.4, -0.2) is 10.2 Å². The first kappa shape index (κ1) is 14.4. The van der Waals surface area contributed by atoms with Gasteiger partial charge in [0.2, 0.25) is 0 Å². The van der Waals surface area contributed by atoms with Crippen molar-refractivity contribution in [3.05, 3.63) is 45.5 Å². The predicted molar refractivity (Wildman–Crippen MR) is 83.6 cm³/mol. The molecule has 0 aliphatic heterocycles. The molecule has 2 aromatic rings. The summed E-state index contributed by atoms with van der Waals surface area (Å²) in [6, 6.07) is 4.08. The minimum atomic E-state index is -0.0167.